The van der Waals surface area contributed by atoms with Gasteiger partial charge in [-0.25, -0.2) is 4.98 Å². The first kappa shape index (κ1) is 12.8. The largest absolute Gasteiger partial charge is 0.396 e. The first-order chi connectivity index (χ1) is 8.61. The molecule has 1 saturated carbocycles. The maximum absolute atomic E-state index is 10.7. The number of aliphatic hydroxyl groups excluding tert-OH is 1. The summed E-state index contributed by atoms with van der Waals surface area (Å²) >= 11 is 0. The Hall–Kier alpha value is -1.69. The Morgan fingerprint density at radius 2 is 2.39 bits per heavy atom. The molecule has 2 unspecified atom stereocenters. The van der Waals surface area contributed by atoms with Crippen LogP contribution in [0.25, 0.3) is 0 Å². The van der Waals surface area contributed by atoms with E-state index >= 15 is 0 Å². The van der Waals surface area contributed by atoms with Crippen molar-refractivity contribution in [1.29, 1.82) is 0 Å². The van der Waals surface area contributed by atoms with E-state index in [2.05, 4.69) is 10.3 Å². The summed E-state index contributed by atoms with van der Waals surface area (Å²) in [5.74, 6) is 0.894. The molecule has 2 rings (SSSR count). The number of aliphatic hydroxyl groups is 1. The first-order valence-electron chi connectivity index (χ1n) is 6.10. The van der Waals surface area contributed by atoms with Crippen molar-refractivity contribution in [3.8, 4) is 0 Å². The predicted molar refractivity (Wildman–Crippen MR) is 67.5 cm³/mol. The maximum Gasteiger partial charge on any atom is 0.290 e. The Morgan fingerprint density at radius 1 is 1.61 bits per heavy atom. The molecule has 0 bridgehead atoms. The molecule has 0 amide bonds. The number of hydrogen-bond acceptors (Lipinski definition) is 5. The number of aromatic nitrogens is 1. The fourth-order valence-electron chi connectivity index (χ4n) is 2.45. The number of hydrogen-bond donors (Lipinski definition) is 2. The molecule has 18 heavy (non-hydrogen) atoms. The second-order valence-electron chi connectivity index (χ2n) is 4.74. The van der Waals surface area contributed by atoms with Gasteiger partial charge in [0.1, 0.15) is 12.0 Å². The highest BCUT2D eigenvalue weighted by Crippen LogP contribution is 2.28. The van der Waals surface area contributed by atoms with Gasteiger partial charge in [-0.1, -0.05) is 6.42 Å². The number of nitrogens with zero attached hydrogens (tertiary/aromatic N) is 2. The summed E-state index contributed by atoms with van der Waals surface area (Å²) in [6.07, 6.45) is 4.39. The molecule has 1 heterocycles. The quantitative estimate of drug-likeness (QED) is 0.630. The van der Waals surface area contributed by atoms with Gasteiger partial charge in [-0.3, -0.25) is 10.1 Å². The van der Waals surface area contributed by atoms with Gasteiger partial charge < -0.3 is 10.4 Å². The summed E-state index contributed by atoms with van der Waals surface area (Å²) in [6.45, 7) is 1.87. The summed E-state index contributed by atoms with van der Waals surface area (Å²) in [4.78, 5) is 14.3. The standard InChI is InChI=1S/C12H17N3O3/c1-8-5-12(13-6-11(8)15(17)18)14-10-4-2-3-9(10)7-16/h5-6,9-10,16H,2-4,7H2,1H3,(H,13,14). The van der Waals surface area contributed by atoms with E-state index in [1.165, 1.54) is 6.20 Å². The minimum atomic E-state index is -0.432. The van der Waals surface area contributed by atoms with Gasteiger partial charge >= 0.3 is 0 Å². The minimum absolute atomic E-state index is 0.0330. The van der Waals surface area contributed by atoms with Crippen LogP contribution < -0.4 is 5.32 Å². The molecule has 6 nitrogen and oxygen atoms in total. The second kappa shape index (κ2) is 5.30. The van der Waals surface area contributed by atoms with Gasteiger partial charge in [0.05, 0.1) is 4.92 Å². The van der Waals surface area contributed by atoms with Crippen molar-refractivity contribution in [3.05, 3.63) is 27.9 Å². The summed E-state index contributed by atoms with van der Waals surface area (Å²) in [6, 6.07) is 1.90. The van der Waals surface area contributed by atoms with Crippen molar-refractivity contribution in [1.82, 2.24) is 4.98 Å². The van der Waals surface area contributed by atoms with E-state index in [9.17, 15) is 15.2 Å². The molecule has 0 aliphatic heterocycles. The first-order valence-corrected chi connectivity index (χ1v) is 6.10. The van der Waals surface area contributed by atoms with Crippen molar-refractivity contribution < 1.29 is 10.0 Å². The van der Waals surface area contributed by atoms with Crippen molar-refractivity contribution in [2.75, 3.05) is 11.9 Å². The number of aryl methyl sites for hydroxylation is 1. The molecule has 1 aliphatic carbocycles. The molecule has 2 N–H and O–H groups in total. The normalized spacial score (nSPS) is 23.0. The van der Waals surface area contributed by atoms with E-state index in [0.29, 0.717) is 11.4 Å². The fourth-order valence-corrected chi connectivity index (χ4v) is 2.45. The molecule has 98 valence electrons. The van der Waals surface area contributed by atoms with E-state index in [1.807, 2.05) is 0 Å². The van der Waals surface area contributed by atoms with Crippen LogP contribution in [0.5, 0.6) is 0 Å². The maximum atomic E-state index is 10.7. The Kier molecular flexibility index (Phi) is 3.76. The average molecular weight is 251 g/mol. The van der Waals surface area contributed by atoms with Crippen LogP contribution in [0.15, 0.2) is 12.3 Å². The average Bonchev–Trinajstić information content (AvgIpc) is 2.76. The van der Waals surface area contributed by atoms with E-state index in [0.717, 1.165) is 19.3 Å². The van der Waals surface area contributed by atoms with Crippen LogP contribution in [0.4, 0.5) is 11.5 Å². The molecule has 2 atom stereocenters. The van der Waals surface area contributed by atoms with Crippen LogP contribution in [0.2, 0.25) is 0 Å². The topological polar surface area (TPSA) is 88.3 Å². The third-order valence-corrected chi connectivity index (χ3v) is 3.51. The van der Waals surface area contributed by atoms with Crippen molar-refractivity contribution in [2.45, 2.75) is 32.2 Å². The van der Waals surface area contributed by atoms with Crippen LogP contribution in [-0.4, -0.2) is 27.7 Å². The SMILES string of the molecule is Cc1cc(NC2CCCC2CO)ncc1[N+](=O)[O-]. The lowest BCUT2D eigenvalue weighted by atomic mass is 10.1. The summed E-state index contributed by atoms with van der Waals surface area (Å²) in [5.41, 5.74) is 0.627. The Balaban J connectivity index is 2.10. The molecule has 0 saturated heterocycles. The van der Waals surface area contributed by atoms with Gasteiger partial charge in [0.2, 0.25) is 0 Å². The third-order valence-electron chi connectivity index (χ3n) is 3.51. The molecule has 0 aromatic carbocycles. The Morgan fingerprint density at radius 3 is 3.00 bits per heavy atom. The van der Waals surface area contributed by atoms with Gasteiger partial charge in [0.15, 0.2) is 0 Å². The highest BCUT2D eigenvalue weighted by Gasteiger charge is 2.26. The van der Waals surface area contributed by atoms with Crippen LogP contribution in [0.3, 0.4) is 0 Å². The fraction of sp³-hybridized carbons (Fsp3) is 0.583. The van der Waals surface area contributed by atoms with E-state index in [4.69, 9.17) is 0 Å². The summed E-state index contributed by atoms with van der Waals surface area (Å²) < 4.78 is 0. The number of anilines is 1. The van der Waals surface area contributed by atoms with Gasteiger partial charge in [0, 0.05) is 24.1 Å². The van der Waals surface area contributed by atoms with Gasteiger partial charge in [-0.05, 0) is 25.8 Å². The lowest BCUT2D eigenvalue weighted by molar-refractivity contribution is -0.385. The molecule has 1 fully saturated rings. The second-order valence-corrected chi connectivity index (χ2v) is 4.74. The smallest absolute Gasteiger partial charge is 0.290 e. The third kappa shape index (κ3) is 2.59. The van der Waals surface area contributed by atoms with Gasteiger partial charge in [-0.2, -0.15) is 0 Å². The van der Waals surface area contributed by atoms with Crippen molar-refractivity contribution in [2.24, 2.45) is 5.92 Å². The molecule has 1 aromatic rings. The minimum Gasteiger partial charge on any atom is -0.396 e. The number of nitro groups is 1. The molecule has 0 spiro atoms. The number of pyridine rings is 1. The van der Waals surface area contributed by atoms with Crippen molar-refractivity contribution >= 4 is 11.5 Å². The summed E-state index contributed by atoms with van der Waals surface area (Å²) in [7, 11) is 0. The molecule has 1 aromatic heterocycles. The van der Waals surface area contributed by atoms with Crippen LogP contribution in [-0.2, 0) is 0 Å². The molecule has 0 radical (unpaired) electrons. The zero-order chi connectivity index (χ0) is 13.1. The van der Waals surface area contributed by atoms with E-state index in [1.54, 1.807) is 13.0 Å². The van der Waals surface area contributed by atoms with Crippen LogP contribution in [0, 0.1) is 23.0 Å². The number of rotatable bonds is 4. The van der Waals surface area contributed by atoms with Gasteiger partial charge in [0.25, 0.3) is 5.69 Å². The molecule has 1 aliphatic rings. The van der Waals surface area contributed by atoms with Crippen LogP contribution in [0.1, 0.15) is 24.8 Å². The Bertz CT molecular complexity index is 450. The highest BCUT2D eigenvalue weighted by atomic mass is 16.6. The van der Waals surface area contributed by atoms with Gasteiger partial charge in [-0.15, -0.1) is 0 Å². The monoisotopic (exact) mass is 251 g/mol. The molecular weight excluding hydrogens is 234 g/mol. The molecular formula is C12H17N3O3. The van der Waals surface area contributed by atoms with Crippen molar-refractivity contribution in [3.63, 3.8) is 0 Å². The zero-order valence-electron chi connectivity index (χ0n) is 10.3. The molecule has 6 heteroatoms. The Labute approximate surface area is 105 Å². The number of nitrogens with one attached hydrogen (secondary N) is 1. The van der Waals surface area contributed by atoms with E-state index < -0.39 is 4.92 Å². The summed E-state index contributed by atoms with van der Waals surface area (Å²) in [5, 5.41) is 23.2. The zero-order valence-corrected chi connectivity index (χ0v) is 10.3. The van der Waals surface area contributed by atoms with E-state index in [-0.39, 0.29) is 24.3 Å². The highest BCUT2D eigenvalue weighted by molar-refractivity contribution is 5.47. The predicted octanol–water partition coefficient (Wildman–Crippen LogP) is 1.87. The lowest BCUT2D eigenvalue weighted by Crippen LogP contribution is -2.26. The van der Waals surface area contributed by atoms with Crippen LogP contribution >= 0.6 is 0 Å². The lowest BCUT2D eigenvalue weighted by Gasteiger charge is -2.19.